The molecule has 3 rings (SSSR count). The highest BCUT2D eigenvalue weighted by molar-refractivity contribution is 6.31. The lowest BCUT2D eigenvalue weighted by Gasteiger charge is -2.36. The third-order valence-electron chi connectivity index (χ3n) is 6.36. The minimum atomic E-state index is -0.789. The van der Waals surface area contributed by atoms with Crippen molar-refractivity contribution < 1.29 is 28.6 Å². The van der Waals surface area contributed by atoms with Crippen LogP contribution in [0.1, 0.15) is 60.7 Å². The van der Waals surface area contributed by atoms with Gasteiger partial charge in [-0.1, -0.05) is 50.9 Å². The van der Waals surface area contributed by atoms with Crippen LogP contribution in [0.5, 0.6) is 5.75 Å². The molecule has 1 aliphatic carbocycles. The topological polar surface area (TPSA) is 90.9 Å². The van der Waals surface area contributed by atoms with E-state index >= 15 is 0 Å². The van der Waals surface area contributed by atoms with E-state index < -0.39 is 24.5 Å². The number of nitrogens with one attached hydrogen (secondary N) is 1. The van der Waals surface area contributed by atoms with Gasteiger partial charge in [0, 0.05) is 5.02 Å². The van der Waals surface area contributed by atoms with Crippen molar-refractivity contribution in [3.05, 3.63) is 58.6 Å². The molecular weight excluding hydrogens is 470 g/mol. The normalized spacial score (nSPS) is 19.7. The average Bonchev–Trinajstić information content (AvgIpc) is 2.82. The number of hydrogen-bond donors (Lipinski definition) is 1. The zero-order valence-electron chi connectivity index (χ0n) is 20.5. The maximum absolute atomic E-state index is 13.1. The summed E-state index contributed by atoms with van der Waals surface area (Å²) in [5, 5.41) is 3.02. The first-order valence-corrected chi connectivity index (χ1v) is 12.2. The SMILES string of the molecule is COc1ccc(Cl)cc1NC(=O)COC(=O)c1ccccc1C(=O)O[C@@H]1C[C@@H](C)CC[C@@H]1C(C)C. The Kier molecular flexibility index (Phi) is 9.15. The van der Waals surface area contributed by atoms with Crippen LogP contribution in [-0.4, -0.2) is 37.7 Å². The predicted molar refractivity (Wildman–Crippen MR) is 134 cm³/mol. The van der Waals surface area contributed by atoms with E-state index in [4.69, 9.17) is 25.8 Å². The summed E-state index contributed by atoms with van der Waals surface area (Å²) in [5.41, 5.74) is 0.525. The second kappa shape index (κ2) is 12.1. The molecule has 1 aliphatic rings. The van der Waals surface area contributed by atoms with Gasteiger partial charge < -0.3 is 19.5 Å². The number of methoxy groups -OCH3 is 1. The standard InChI is InChI=1S/C27H32ClNO6/c1-16(2)19-11-9-17(3)13-24(19)35-27(32)21-8-6-5-7-20(21)26(31)34-15-25(30)29-22-14-18(28)10-12-23(22)33-4/h5-8,10,12,14,16-17,19,24H,9,11,13,15H2,1-4H3,(H,29,30)/t17-,19+,24+/m0/s1. The van der Waals surface area contributed by atoms with Crippen LogP contribution in [-0.2, 0) is 14.3 Å². The number of carbonyl (C=O) groups excluding carboxylic acids is 3. The van der Waals surface area contributed by atoms with Crippen LogP contribution < -0.4 is 10.1 Å². The monoisotopic (exact) mass is 501 g/mol. The fraction of sp³-hybridized carbons (Fsp3) is 0.444. The maximum Gasteiger partial charge on any atom is 0.339 e. The van der Waals surface area contributed by atoms with Crippen LogP contribution in [0.4, 0.5) is 5.69 Å². The molecule has 0 aliphatic heterocycles. The Morgan fingerprint density at radius 1 is 1.06 bits per heavy atom. The summed E-state index contributed by atoms with van der Waals surface area (Å²) in [6.45, 7) is 5.88. The molecule has 7 nitrogen and oxygen atoms in total. The average molecular weight is 502 g/mol. The van der Waals surface area contributed by atoms with Crippen molar-refractivity contribution in [2.75, 3.05) is 19.0 Å². The van der Waals surface area contributed by atoms with Crippen molar-refractivity contribution in [2.24, 2.45) is 17.8 Å². The molecule has 0 aromatic heterocycles. The van der Waals surface area contributed by atoms with E-state index in [-0.39, 0.29) is 23.1 Å². The van der Waals surface area contributed by atoms with Crippen molar-refractivity contribution in [3.8, 4) is 5.75 Å². The van der Waals surface area contributed by atoms with E-state index in [1.807, 2.05) is 0 Å². The maximum atomic E-state index is 13.1. The van der Waals surface area contributed by atoms with Gasteiger partial charge in [0.2, 0.25) is 0 Å². The van der Waals surface area contributed by atoms with E-state index in [2.05, 4.69) is 26.1 Å². The molecule has 3 atom stereocenters. The molecule has 1 N–H and O–H groups in total. The summed E-state index contributed by atoms with van der Waals surface area (Å²) in [4.78, 5) is 38.2. The van der Waals surface area contributed by atoms with Crippen LogP contribution in [0.2, 0.25) is 5.02 Å². The molecule has 0 radical (unpaired) electrons. The number of anilines is 1. The molecule has 0 spiro atoms. The van der Waals surface area contributed by atoms with Gasteiger partial charge in [-0.05, 0) is 60.9 Å². The van der Waals surface area contributed by atoms with E-state index in [0.29, 0.717) is 28.3 Å². The Balaban J connectivity index is 1.66. The number of benzene rings is 2. The lowest BCUT2D eigenvalue weighted by molar-refractivity contribution is -0.119. The highest BCUT2D eigenvalue weighted by Crippen LogP contribution is 2.36. The van der Waals surface area contributed by atoms with E-state index in [1.54, 1.807) is 24.3 Å². The fourth-order valence-corrected chi connectivity index (χ4v) is 4.64. The first-order chi connectivity index (χ1) is 16.7. The lowest BCUT2D eigenvalue weighted by Crippen LogP contribution is -2.36. The highest BCUT2D eigenvalue weighted by Gasteiger charge is 2.34. The molecule has 0 saturated heterocycles. The fourth-order valence-electron chi connectivity index (χ4n) is 4.46. The minimum absolute atomic E-state index is 0.0515. The third kappa shape index (κ3) is 6.98. The van der Waals surface area contributed by atoms with Crippen molar-refractivity contribution in [1.82, 2.24) is 0 Å². The number of hydrogen-bond acceptors (Lipinski definition) is 6. The number of halogens is 1. The largest absolute Gasteiger partial charge is 0.495 e. The second-order valence-electron chi connectivity index (χ2n) is 9.28. The van der Waals surface area contributed by atoms with Crippen LogP contribution in [0.25, 0.3) is 0 Å². The van der Waals surface area contributed by atoms with Gasteiger partial charge in [-0.15, -0.1) is 0 Å². The minimum Gasteiger partial charge on any atom is -0.495 e. The van der Waals surface area contributed by atoms with Gasteiger partial charge in [0.25, 0.3) is 5.91 Å². The molecule has 2 aromatic carbocycles. The van der Waals surface area contributed by atoms with E-state index in [9.17, 15) is 14.4 Å². The van der Waals surface area contributed by atoms with Crippen molar-refractivity contribution in [1.29, 1.82) is 0 Å². The van der Waals surface area contributed by atoms with Gasteiger partial charge in [-0.25, -0.2) is 9.59 Å². The molecule has 35 heavy (non-hydrogen) atoms. The second-order valence-corrected chi connectivity index (χ2v) is 9.72. The van der Waals surface area contributed by atoms with E-state index in [0.717, 1.165) is 19.3 Å². The van der Waals surface area contributed by atoms with Gasteiger partial charge in [-0.2, -0.15) is 0 Å². The summed E-state index contributed by atoms with van der Waals surface area (Å²) in [6.07, 6.45) is 2.72. The van der Waals surface area contributed by atoms with Crippen molar-refractivity contribution >= 4 is 35.1 Å². The molecule has 1 saturated carbocycles. The predicted octanol–water partition coefficient (Wildman–Crippen LogP) is 5.76. The van der Waals surface area contributed by atoms with E-state index in [1.165, 1.54) is 25.3 Å². The molecule has 1 fully saturated rings. The number of esters is 2. The Morgan fingerprint density at radius 3 is 2.40 bits per heavy atom. The summed E-state index contributed by atoms with van der Waals surface area (Å²) >= 11 is 5.98. The number of amides is 1. The lowest BCUT2D eigenvalue weighted by atomic mass is 9.75. The zero-order chi connectivity index (χ0) is 25.5. The number of ether oxygens (including phenoxy) is 3. The third-order valence-corrected chi connectivity index (χ3v) is 6.59. The van der Waals surface area contributed by atoms with Crippen LogP contribution in [0, 0.1) is 17.8 Å². The van der Waals surface area contributed by atoms with Crippen molar-refractivity contribution in [3.63, 3.8) is 0 Å². The Morgan fingerprint density at radius 2 is 1.74 bits per heavy atom. The molecule has 1 amide bonds. The molecule has 188 valence electrons. The molecule has 8 heteroatoms. The molecule has 0 unspecified atom stereocenters. The van der Waals surface area contributed by atoms with Gasteiger partial charge in [0.15, 0.2) is 6.61 Å². The van der Waals surface area contributed by atoms with Crippen molar-refractivity contribution in [2.45, 2.75) is 46.1 Å². The summed E-state index contributed by atoms with van der Waals surface area (Å²) in [5.74, 6) is -0.370. The van der Waals surface area contributed by atoms with Crippen LogP contribution in [0.15, 0.2) is 42.5 Å². The van der Waals surface area contributed by atoms with Crippen LogP contribution >= 0.6 is 11.6 Å². The number of rotatable bonds is 8. The Hall–Kier alpha value is -3.06. The molecule has 0 bridgehead atoms. The van der Waals surface area contributed by atoms with Gasteiger partial charge in [-0.3, -0.25) is 4.79 Å². The summed E-state index contributed by atoms with van der Waals surface area (Å²) < 4.78 is 16.3. The molecular formula is C27H32ClNO6. The first-order valence-electron chi connectivity index (χ1n) is 11.8. The number of carbonyl (C=O) groups is 3. The Bertz CT molecular complexity index is 1070. The molecule has 2 aromatic rings. The van der Waals surface area contributed by atoms with Gasteiger partial charge >= 0.3 is 11.9 Å². The molecule has 0 heterocycles. The summed E-state index contributed by atoms with van der Waals surface area (Å²) in [6, 6.07) is 11.1. The van der Waals surface area contributed by atoms with Gasteiger partial charge in [0.05, 0.1) is 23.9 Å². The highest BCUT2D eigenvalue weighted by atomic mass is 35.5. The Labute approximate surface area is 211 Å². The first kappa shape index (κ1) is 26.5. The smallest absolute Gasteiger partial charge is 0.339 e. The summed E-state index contributed by atoms with van der Waals surface area (Å²) in [7, 11) is 1.46. The quantitative estimate of drug-likeness (QED) is 0.462. The zero-order valence-corrected chi connectivity index (χ0v) is 21.3. The van der Waals surface area contributed by atoms with Crippen LogP contribution in [0.3, 0.4) is 0 Å². The van der Waals surface area contributed by atoms with Gasteiger partial charge in [0.1, 0.15) is 11.9 Å².